The Morgan fingerprint density at radius 3 is 2.82 bits per heavy atom. The number of rotatable bonds is 2. The maximum absolute atomic E-state index is 12.0. The van der Waals surface area contributed by atoms with Crippen molar-refractivity contribution in [1.29, 1.82) is 0 Å². The van der Waals surface area contributed by atoms with Crippen LogP contribution in [-0.4, -0.2) is 71.9 Å². The molecule has 0 aliphatic carbocycles. The van der Waals surface area contributed by atoms with Gasteiger partial charge < -0.3 is 4.98 Å². The van der Waals surface area contributed by atoms with Crippen LogP contribution in [0.2, 0.25) is 0 Å². The molecule has 22 heavy (non-hydrogen) atoms. The highest BCUT2D eigenvalue weighted by Gasteiger charge is 2.45. The Balaban J connectivity index is 1.59. The van der Waals surface area contributed by atoms with Crippen LogP contribution in [0, 0.1) is 0 Å². The molecule has 4 rings (SSSR count). The van der Waals surface area contributed by atoms with Gasteiger partial charge in [-0.2, -0.15) is 0 Å². The Morgan fingerprint density at radius 1 is 1.23 bits per heavy atom. The van der Waals surface area contributed by atoms with E-state index in [4.69, 9.17) is 0 Å². The lowest BCUT2D eigenvalue weighted by molar-refractivity contribution is 0.0557. The van der Waals surface area contributed by atoms with Gasteiger partial charge in [-0.25, -0.2) is 13.4 Å². The number of aromatic nitrogens is 2. The number of para-hydroxylation sites is 2. The molecule has 0 bridgehead atoms. The van der Waals surface area contributed by atoms with E-state index in [9.17, 15) is 8.42 Å². The summed E-state index contributed by atoms with van der Waals surface area (Å²) in [7, 11) is -0.901. The number of hydrogen-bond donors (Lipinski definition) is 1. The minimum atomic E-state index is -2.93. The number of nitrogens with zero attached hydrogens (tertiary/aromatic N) is 3. The van der Waals surface area contributed by atoms with E-state index in [1.165, 1.54) is 0 Å². The monoisotopic (exact) mass is 320 g/mol. The van der Waals surface area contributed by atoms with Gasteiger partial charge in [0.2, 0.25) is 0 Å². The van der Waals surface area contributed by atoms with E-state index < -0.39 is 9.84 Å². The van der Waals surface area contributed by atoms with Crippen molar-refractivity contribution in [3.8, 4) is 0 Å². The van der Waals surface area contributed by atoms with E-state index in [1.807, 2.05) is 31.3 Å². The standard InChI is InChI=1S/C15H20N4O2S/c1-18-6-7-19(14-10-22(20,21)9-13(14)18)8-15-16-11-4-2-3-5-12(11)17-15/h2-5,13-14H,6-10H2,1H3,(H,16,17)/t13-,14+/m0/s1. The second kappa shape index (κ2) is 5.04. The molecule has 0 radical (unpaired) electrons. The molecule has 3 heterocycles. The van der Waals surface area contributed by atoms with Crippen molar-refractivity contribution in [3.05, 3.63) is 30.1 Å². The van der Waals surface area contributed by atoms with Crippen LogP contribution in [0.5, 0.6) is 0 Å². The number of hydrogen-bond acceptors (Lipinski definition) is 5. The average Bonchev–Trinajstić information content (AvgIpc) is 3.02. The molecule has 6 nitrogen and oxygen atoms in total. The largest absolute Gasteiger partial charge is 0.341 e. The highest BCUT2D eigenvalue weighted by Crippen LogP contribution is 2.27. The first kappa shape index (κ1) is 14.2. The third-order valence-electron chi connectivity index (χ3n) is 4.86. The Hall–Kier alpha value is -1.44. The molecular weight excluding hydrogens is 300 g/mol. The van der Waals surface area contributed by atoms with E-state index in [-0.39, 0.29) is 23.6 Å². The van der Waals surface area contributed by atoms with Gasteiger partial charge in [-0.05, 0) is 19.2 Å². The summed E-state index contributed by atoms with van der Waals surface area (Å²) in [6.45, 7) is 2.46. The van der Waals surface area contributed by atoms with Crippen LogP contribution in [0.15, 0.2) is 24.3 Å². The average molecular weight is 320 g/mol. The molecule has 7 heteroatoms. The summed E-state index contributed by atoms with van der Waals surface area (Å²) >= 11 is 0. The molecule has 1 aromatic heterocycles. The molecule has 1 aromatic carbocycles. The van der Waals surface area contributed by atoms with Crippen LogP contribution in [0.4, 0.5) is 0 Å². The second-order valence-electron chi connectivity index (χ2n) is 6.36. The maximum atomic E-state index is 12.0. The Bertz CT molecular complexity index is 768. The van der Waals surface area contributed by atoms with Gasteiger partial charge in [0.1, 0.15) is 5.82 Å². The molecule has 0 saturated carbocycles. The van der Waals surface area contributed by atoms with E-state index in [0.717, 1.165) is 29.9 Å². The van der Waals surface area contributed by atoms with Crippen LogP contribution in [-0.2, 0) is 16.4 Å². The predicted octanol–water partition coefficient (Wildman–Crippen LogP) is 0.476. The van der Waals surface area contributed by atoms with Crippen LogP contribution < -0.4 is 0 Å². The quantitative estimate of drug-likeness (QED) is 0.871. The molecule has 118 valence electrons. The number of piperazine rings is 1. The van der Waals surface area contributed by atoms with Gasteiger partial charge in [-0.3, -0.25) is 9.80 Å². The van der Waals surface area contributed by atoms with E-state index in [1.54, 1.807) is 0 Å². The Labute approximate surface area is 130 Å². The molecule has 1 N–H and O–H groups in total. The summed E-state index contributed by atoms with van der Waals surface area (Å²) in [6.07, 6.45) is 0. The smallest absolute Gasteiger partial charge is 0.153 e. The molecule has 2 saturated heterocycles. The van der Waals surface area contributed by atoms with Gasteiger partial charge in [0.25, 0.3) is 0 Å². The van der Waals surface area contributed by atoms with E-state index in [2.05, 4.69) is 19.8 Å². The molecule has 0 amide bonds. The van der Waals surface area contributed by atoms with Crippen LogP contribution in [0.1, 0.15) is 5.82 Å². The zero-order valence-corrected chi connectivity index (χ0v) is 13.4. The fraction of sp³-hybridized carbons (Fsp3) is 0.533. The number of imidazole rings is 1. The van der Waals surface area contributed by atoms with Crippen molar-refractivity contribution < 1.29 is 8.42 Å². The predicted molar refractivity (Wildman–Crippen MR) is 85.4 cm³/mol. The van der Waals surface area contributed by atoms with Crippen LogP contribution in [0.25, 0.3) is 11.0 Å². The molecule has 0 spiro atoms. The summed E-state index contributed by atoms with van der Waals surface area (Å²) in [6, 6.07) is 8.16. The van der Waals surface area contributed by atoms with Gasteiger partial charge >= 0.3 is 0 Å². The number of H-pyrrole nitrogens is 1. The highest BCUT2D eigenvalue weighted by molar-refractivity contribution is 7.91. The number of aromatic amines is 1. The molecule has 2 aliphatic rings. The van der Waals surface area contributed by atoms with Gasteiger partial charge in [-0.1, -0.05) is 12.1 Å². The molecule has 2 aromatic rings. The van der Waals surface area contributed by atoms with Crippen LogP contribution >= 0.6 is 0 Å². The molecule has 2 aliphatic heterocycles. The Morgan fingerprint density at radius 2 is 2.00 bits per heavy atom. The van der Waals surface area contributed by atoms with Crippen LogP contribution in [0.3, 0.4) is 0 Å². The third-order valence-corrected chi connectivity index (χ3v) is 6.56. The first-order chi connectivity index (χ1) is 10.5. The van der Waals surface area contributed by atoms with Gasteiger partial charge in [0.05, 0.1) is 29.1 Å². The number of benzene rings is 1. The molecule has 2 atom stereocenters. The van der Waals surface area contributed by atoms with Crippen molar-refractivity contribution in [3.63, 3.8) is 0 Å². The van der Waals surface area contributed by atoms with Gasteiger partial charge in [0, 0.05) is 25.2 Å². The summed E-state index contributed by atoms with van der Waals surface area (Å²) in [5.41, 5.74) is 1.99. The second-order valence-corrected chi connectivity index (χ2v) is 8.52. The van der Waals surface area contributed by atoms with Crippen molar-refractivity contribution in [2.45, 2.75) is 18.6 Å². The summed E-state index contributed by atoms with van der Waals surface area (Å²) in [4.78, 5) is 12.4. The van der Waals surface area contributed by atoms with Gasteiger partial charge in [-0.15, -0.1) is 0 Å². The third kappa shape index (κ3) is 2.43. The van der Waals surface area contributed by atoms with E-state index >= 15 is 0 Å². The Kier molecular flexibility index (Phi) is 3.25. The maximum Gasteiger partial charge on any atom is 0.153 e. The summed E-state index contributed by atoms with van der Waals surface area (Å²) in [5, 5.41) is 0. The minimum absolute atomic E-state index is 0.0805. The fourth-order valence-corrected chi connectivity index (χ4v) is 5.75. The number of nitrogens with one attached hydrogen (secondary N) is 1. The lowest BCUT2D eigenvalue weighted by Gasteiger charge is -2.41. The fourth-order valence-electron chi connectivity index (χ4n) is 3.67. The van der Waals surface area contributed by atoms with Gasteiger partial charge in [0.15, 0.2) is 9.84 Å². The zero-order chi connectivity index (χ0) is 15.3. The number of likely N-dealkylation sites (N-methyl/N-ethyl adjacent to an activating group) is 1. The minimum Gasteiger partial charge on any atom is -0.341 e. The normalized spacial score (nSPS) is 29.0. The van der Waals surface area contributed by atoms with Crippen molar-refractivity contribution in [2.24, 2.45) is 0 Å². The topological polar surface area (TPSA) is 69.3 Å². The van der Waals surface area contributed by atoms with Crippen molar-refractivity contribution in [2.75, 3.05) is 31.6 Å². The van der Waals surface area contributed by atoms with E-state index in [0.29, 0.717) is 6.54 Å². The first-order valence-electron chi connectivity index (χ1n) is 7.60. The first-order valence-corrected chi connectivity index (χ1v) is 9.42. The van der Waals surface area contributed by atoms with Crippen molar-refractivity contribution >= 4 is 20.9 Å². The van der Waals surface area contributed by atoms with Crippen molar-refractivity contribution in [1.82, 2.24) is 19.8 Å². The molecular formula is C15H20N4O2S. The lowest BCUT2D eigenvalue weighted by atomic mass is 10.1. The SMILES string of the molecule is CN1CCN(Cc2nc3ccccc3[nH]2)[C@@H]2CS(=O)(=O)C[C@@H]21. The summed E-state index contributed by atoms with van der Waals surface area (Å²) < 4.78 is 24.0. The zero-order valence-electron chi connectivity index (χ0n) is 12.6. The number of fused-ring (bicyclic) bond motifs is 2. The lowest BCUT2D eigenvalue weighted by Crippen LogP contribution is -2.57. The number of sulfone groups is 1. The molecule has 0 unspecified atom stereocenters. The molecule has 2 fully saturated rings. The highest BCUT2D eigenvalue weighted by atomic mass is 32.2. The summed E-state index contributed by atoms with van der Waals surface area (Å²) in [5.74, 6) is 1.46.